The first-order valence-electron chi connectivity index (χ1n) is 3.53. The number of nitrogens with zero attached hydrogens (tertiary/aromatic N) is 1. The third-order valence-electron chi connectivity index (χ3n) is 1.50. The Kier molecular flexibility index (Phi) is 5.90. The van der Waals surface area contributed by atoms with Gasteiger partial charge in [-0.25, -0.2) is 0 Å². The lowest BCUT2D eigenvalue weighted by Gasteiger charge is -1.96. The standard InChI is InChI=1S/C8H8BrNO2.BrH/c9-5-4-7-2-1-3-8(6-7)10(11)12;/h1-3,6H,4-5H2;1H. The Labute approximate surface area is 95.2 Å². The van der Waals surface area contributed by atoms with Gasteiger partial charge >= 0.3 is 0 Å². The van der Waals surface area contributed by atoms with Gasteiger partial charge in [0, 0.05) is 17.5 Å². The zero-order valence-corrected chi connectivity index (χ0v) is 10.1. The van der Waals surface area contributed by atoms with Crippen molar-refractivity contribution < 1.29 is 4.92 Å². The van der Waals surface area contributed by atoms with Crippen LogP contribution in [-0.4, -0.2) is 10.3 Å². The maximum Gasteiger partial charge on any atom is 0.269 e. The second-order valence-electron chi connectivity index (χ2n) is 2.37. The highest BCUT2D eigenvalue weighted by atomic mass is 79.9. The molecule has 0 fully saturated rings. The van der Waals surface area contributed by atoms with E-state index in [1.807, 2.05) is 6.07 Å². The van der Waals surface area contributed by atoms with Crippen LogP contribution in [0.15, 0.2) is 24.3 Å². The molecule has 0 aliphatic carbocycles. The van der Waals surface area contributed by atoms with Crippen molar-refractivity contribution in [2.75, 3.05) is 5.33 Å². The Balaban J connectivity index is 0.00000144. The molecule has 0 aliphatic heterocycles. The number of hydrogen-bond acceptors (Lipinski definition) is 2. The molecule has 3 nitrogen and oxygen atoms in total. The SMILES string of the molecule is Br.O=[N+]([O-])c1cccc(CCBr)c1. The highest BCUT2D eigenvalue weighted by Gasteiger charge is 2.04. The topological polar surface area (TPSA) is 43.1 Å². The Morgan fingerprint density at radius 3 is 2.69 bits per heavy atom. The van der Waals surface area contributed by atoms with E-state index in [2.05, 4.69) is 15.9 Å². The van der Waals surface area contributed by atoms with E-state index < -0.39 is 0 Å². The van der Waals surface area contributed by atoms with Crippen LogP contribution >= 0.6 is 32.9 Å². The summed E-state index contributed by atoms with van der Waals surface area (Å²) < 4.78 is 0. The van der Waals surface area contributed by atoms with Crippen molar-refractivity contribution in [3.05, 3.63) is 39.9 Å². The molecule has 0 amide bonds. The molecule has 0 atom stereocenters. The molecule has 1 rings (SSSR count). The van der Waals surface area contributed by atoms with Crippen molar-refractivity contribution in [2.45, 2.75) is 6.42 Å². The molecule has 5 heteroatoms. The van der Waals surface area contributed by atoms with E-state index in [1.165, 1.54) is 6.07 Å². The van der Waals surface area contributed by atoms with Crippen LogP contribution in [0.3, 0.4) is 0 Å². The number of hydrogen-bond donors (Lipinski definition) is 0. The summed E-state index contributed by atoms with van der Waals surface area (Å²) in [7, 11) is 0. The van der Waals surface area contributed by atoms with Crippen LogP contribution in [0.1, 0.15) is 5.56 Å². The summed E-state index contributed by atoms with van der Waals surface area (Å²) in [5.41, 5.74) is 1.15. The van der Waals surface area contributed by atoms with Crippen molar-refractivity contribution in [3.8, 4) is 0 Å². The summed E-state index contributed by atoms with van der Waals surface area (Å²) >= 11 is 3.28. The molecule has 0 heterocycles. The van der Waals surface area contributed by atoms with Gasteiger partial charge in [0.05, 0.1) is 4.92 Å². The summed E-state index contributed by atoms with van der Waals surface area (Å²) in [6.07, 6.45) is 0.821. The van der Waals surface area contributed by atoms with Crippen molar-refractivity contribution in [1.29, 1.82) is 0 Å². The Bertz CT molecular complexity index is 291. The molecule has 0 aromatic heterocycles. The Hall–Kier alpha value is -0.420. The predicted octanol–water partition coefficient (Wildman–Crippen LogP) is 3.11. The lowest BCUT2D eigenvalue weighted by Crippen LogP contribution is -1.90. The highest BCUT2D eigenvalue weighted by Crippen LogP contribution is 2.13. The molecular weight excluding hydrogens is 302 g/mol. The van der Waals surface area contributed by atoms with Crippen molar-refractivity contribution in [3.63, 3.8) is 0 Å². The molecule has 0 bridgehead atoms. The van der Waals surface area contributed by atoms with E-state index >= 15 is 0 Å². The molecular formula is C8H9Br2NO2. The fraction of sp³-hybridized carbons (Fsp3) is 0.250. The third-order valence-corrected chi connectivity index (χ3v) is 1.90. The summed E-state index contributed by atoms with van der Waals surface area (Å²) in [4.78, 5) is 9.97. The molecule has 0 saturated carbocycles. The van der Waals surface area contributed by atoms with Gasteiger partial charge in [-0.05, 0) is 12.0 Å². The fourth-order valence-corrected chi connectivity index (χ4v) is 1.39. The molecule has 0 radical (unpaired) electrons. The largest absolute Gasteiger partial charge is 0.269 e. The van der Waals surface area contributed by atoms with E-state index in [-0.39, 0.29) is 27.6 Å². The van der Waals surface area contributed by atoms with Crippen LogP contribution < -0.4 is 0 Å². The van der Waals surface area contributed by atoms with E-state index in [4.69, 9.17) is 0 Å². The van der Waals surface area contributed by atoms with Gasteiger partial charge in [0.1, 0.15) is 0 Å². The van der Waals surface area contributed by atoms with Crippen LogP contribution in [-0.2, 0) is 6.42 Å². The van der Waals surface area contributed by atoms with Gasteiger partial charge in [-0.15, -0.1) is 17.0 Å². The average molecular weight is 311 g/mol. The van der Waals surface area contributed by atoms with Crippen LogP contribution in [0.4, 0.5) is 5.69 Å². The summed E-state index contributed by atoms with van der Waals surface area (Å²) in [6.45, 7) is 0. The molecule has 13 heavy (non-hydrogen) atoms. The van der Waals surface area contributed by atoms with Gasteiger partial charge in [0.15, 0.2) is 0 Å². The van der Waals surface area contributed by atoms with Crippen molar-refractivity contribution in [1.82, 2.24) is 0 Å². The lowest BCUT2D eigenvalue weighted by molar-refractivity contribution is -0.384. The zero-order chi connectivity index (χ0) is 8.97. The molecule has 0 N–H and O–H groups in total. The number of non-ortho nitro benzene ring substituents is 1. The van der Waals surface area contributed by atoms with Gasteiger partial charge < -0.3 is 0 Å². The lowest BCUT2D eigenvalue weighted by atomic mass is 10.1. The van der Waals surface area contributed by atoms with E-state index in [0.29, 0.717) is 0 Å². The predicted molar refractivity (Wildman–Crippen MR) is 60.9 cm³/mol. The minimum absolute atomic E-state index is 0. The smallest absolute Gasteiger partial charge is 0.258 e. The first-order chi connectivity index (χ1) is 5.74. The number of nitro benzene ring substituents is 1. The number of aryl methyl sites for hydroxylation is 1. The first-order valence-corrected chi connectivity index (χ1v) is 4.65. The minimum Gasteiger partial charge on any atom is -0.258 e. The van der Waals surface area contributed by atoms with E-state index in [1.54, 1.807) is 12.1 Å². The third kappa shape index (κ3) is 3.87. The Morgan fingerprint density at radius 1 is 1.46 bits per heavy atom. The Morgan fingerprint density at radius 2 is 2.15 bits per heavy atom. The highest BCUT2D eigenvalue weighted by molar-refractivity contribution is 9.09. The van der Waals surface area contributed by atoms with Crippen LogP contribution in [0.5, 0.6) is 0 Å². The number of halogens is 2. The number of alkyl halides is 1. The van der Waals surface area contributed by atoms with Gasteiger partial charge in [-0.3, -0.25) is 10.1 Å². The normalized spacial score (nSPS) is 9.00. The number of benzene rings is 1. The average Bonchev–Trinajstić information content (AvgIpc) is 2.05. The van der Waals surface area contributed by atoms with Crippen LogP contribution in [0.25, 0.3) is 0 Å². The van der Waals surface area contributed by atoms with Crippen LogP contribution in [0, 0.1) is 10.1 Å². The van der Waals surface area contributed by atoms with Gasteiger partial charge in [-0.1, -0.05) is 28.1 Å². The fourth-order valence-electron chi connectivity index (χ4n) is 0.935. The van der Waals surface area contributed by atoms with Gasteiger partial charge in [0.25, 0.3) is 5.69 Å². The maximum atomic E-state index is 10.4. The molecule has 0 saturated heterocycles. The van der Waals surface area contributed by atoms with Crippen LogP contribution in [0.2, 0.25) is 0 Å². The van der Waals surface area contributed by atoms with Crippen molar-refractivity contribution in [2.24, 2.45) is 0 Å². The second kappa shape index (κ2) is 6.10. The minimum atomic E-state index is -0.377. The number of rotatable bonds is 3. The van der Waals surface area contributed by atoms with Gasteiger partial charge in [0.2, 0.25) is 0 Å². The van der Waals surface area contributed by atoms with Gasteiger partial charge in [-0.2, -0.15) is 0 Å². The maximum absolute atomic E-state index is 10.4. The zero-order valence-electron chi connectivity index (χ0n) is 6.77. The quantitative estimate of drug-likeness (QED) is 0.489. The van der Waals surface area contributed by atoms with E-state index in [9.17, 15) is 10.1 Å². The van der Waals surface area contributed by atoms with E-state index in [0.717, 1.165) is 17.3 Å². The van der Waals surface area contributed by atoms with Crippen molar-refractivity contribution >= 4 is 38.6 Å². The molecule has 1 aromatic carbocycles. The first kappa shape index (κ1) is 12.6. The molecule has 0 aliphatic rings. The number of nitro groups is 1. The molecule has 0 spiro atoms. The summed E-state index contributed by atoms with van der Waals surface area (Å²) in [5, 5.41) is 11.2. The molecule has 72 valence electrons. The summed E-state index contributed by atoms with van der Waals surface area (Å²) in [5.74, 6) is 0. The monoisotopic (exact) mass is 309 g/mol. The summed E-state index contributed by atoms with van der Waals surface area (Å²) in [6, 6.07) is 6.68. The molecule has 1 aromatic rings. The second-order valence-corrected chi connectivity index (χ2v) is 3.16. The molecule has 0 unspecified atom stereocenters.